The first-order valence-corrected chi connectivity index (χ1v) is 8.02. The van der Waals surface area contributed by atoms with Crippen molar-refractivity contribution >= 4 is 5.91 Å². The van der Waals surface area contributed by atoms with Crippen molar-refractivity contribution in [2.75, 3.05) is 26.3 Å². The lowest BCUT2D eigenvalue weighted by Gasteiger charge is -2.27. The fourth-order valence-corrected chi connectivity index (χ4v) is 3.22. The van der Waals surface area contributed by atoms with E-state index in [2.05, 4.69) is 5.32 Å². The molecular weight excluding hydrogens is 299 g/mol. The summed E-state index contributed by atoms with van der Waals surface area (Å²) in [6, 6.07) is 4.85. The van der Waals surface area contributed by atoms with Crippen molar-refractivity contribution in [3.63, 3.8) is 0 Å². The maximum absolute atomic E-state index is 13.6. The molecule has 1 amide bonds. The van der Waals surface area contributed by atoms with Crippen LogP contribution < -0.4 is 5.32 Å². The van der Waals surface area contributed by atoms with Crippen LogP contribution in [0, 0.1) is 5.82 Å². The minimum atomic E-state index is -0.618. The van der Waals surface area contributed by atoms with Crippen LogP contribution in [-0.4, -0.2) is 42.9 Å². The molecule has 3 rings (SSSR count). The van der Waals surface area contributed by atoms with Gasteiger partial charge in [-0.3, -0.25) is 4.79 Å². The molecule has 5 nitrogen and oxygen atoms in total. The van der Waals surface area contributed by atoms with Crippen molar-refractivity contribution in [1.29, 1.82) is 0 Å². The summed E-state index contributed by atoms with van der Waals surface area (Å²) in [5, 5.41) is 3.47. The van der Waals surface area contributed by atoms with Gasteiger partial charge in [-0.05, 0) is 36.6 Å². The van der Waals surface area contributed by atoms with Gasteiger partial charge in [-0.2, -0.15) is 0 Å². The number of hydrogen-bond acceptors (Lipinski definition) is 4. The third-order valence-electron chi connectivity index (χ3n) is 4.54. The van der Waals surface area contributed by atoms with Gasteiger partial charge in [0.05, 0.1) is 13.2 Å². The lowest BCUT2D eigenvalue weighted by atomic mass is 9.99. The summed E-state index contributed by atoms with van der Waals surface area (Å²) in [5.74, 6) is -0.884. The Morgan fingerprint density at radius 3 is 2.87 bits per heavy atom. The van der Waals surface area contributed by atoms with Crippen LogP contribution in [0.1, 0.15) is 37.4 Å². The van der Waals surface area contributed by atoms with Crippen molar-refractivity contribution in [2.24, 2.45) is 0 Å². The van der Waals surface area contributed by atoms with Crippen LogP contribution in [0.3, 0.4) is 0 Å². The second-order valence-electron chi connectivity index (χ2n) is 6.34. The average molecular weight is 322 g/mol. The largest absolute Gasteiger partial charge is 0.347 e. The average Bonchev–Trinajstić information content (AvgIpc) is 2.85. The van der Waals surface area contributed by atoms with Gasteiger partial charge in [-0.25, -0.2) is 4.39 Å². The van der Waals surface area contributed by atoms with Crippen LogP contribution in [0.5, 0.6) is 0 Å². The minimum Gasteiger partial charge on any atom is -0.347 e. The van der Waals surface area contributed by atoms with Gasteiger partial charge in [-0.15, -0.1) is 0 Å². The number of rotatable bonds is 3. The zero-order valence-corrected chi connectivity index (χ0v) is 13.6. The minimum absolute atomic E-state index is 0.00952. The van der Waals surface area contributed by atoms with Crippen molar-refractivity contribution in [1.82, 2.24) is 10.2 Å². The van der Waals surface area contributed by atoms with Gasteiger partial charge in [0.2, 0.25) is 5.91 Å². The Balaban J connectivity index is 1.79. The van der Waals surface area contributed by atoms with E-state index < -0.39 is 5.79 Å². The summed E-state index contributed by atoms with van der Waals surface area (Å²) in [6.45, 7) is 6.30. The topological polar surface area (TPSA) is 50.8 Å². The Bertz CT molecular complexity index is 587. The first-order valence-electron chi connectivity index (χ1n) is 8.02. The van der Waals surface area contributed by atoms with Crippen LogP contribution in [0.2, 0.25) is 0 Å². The molecule has 1 atom stereocenters. The molecule has 1 fully saturated rings. The quantitative estimate of drug-likeness (QED) is 0.924. The van der Waals surface area contributed by atoms with E-state index in [1.807, 2.05) is 13.0 Å². The van der Waals surface area contributed by atoms with Crippen LogP contribution in [0.4, 0.5) is 4.39 Å². The summed E-state index contributed by atoms with van der Waals surface area (Å²) in [6.07, 6.45) is 0.772. The molecule has 0 aliphatic carbocycles. The third-order valence-corrected chi connectivity index (χ3v) is 4.54. The maximum atomic E-state index is 13.6. The molecule has 1 N–H and O–H groups in total. The summed E-state index contributed by atoms with van der Waals surface area (Å²) in [5.41, 5.74) is 1.89. The highest BCUT2D eigenvalue weighted by molar-refractivity contribution is 5.73. The highest BCUT2D eigenvalue weighted by Gasteiger charge is 2.32. The van der Waals surface area contributed by atoms with E-state index >= 15 is 0 Å². The molecule has 0 unspecified atom stereocenters. The Morgan fingerprint density at radius 1 is 1.43 bits per heavy atom. The molecule has 2 aliphatic heterocycles. The van der Waals surface area contributed by atoms with Crippen LogP contribution in [-0.2, 0) is 20.8 Å². The molecule has 0 saturated carbocycles. The molecule has 6 heteroatoms. The SMILES string of the molecule is CC(=O)N1CC[C@@H](NCC2(C)OCCO2)c2ccc(F)cc2C1. The number of ether oxygens (including phenoxy) is 2. The number of nitrogens with one attached hydrogen (secondary N) is 1. The highest BCUT2D eigenvalue weighted by Crippen LogP contribution is 2.28. The van der Waals surface area contributed by atoms with Gasteiger partial charge in [0.1, 0.15) is 5.82 Å². The van der Waals surface area contributed by atoms with Crippen molar-refractivity contribution in [3.05, 3.63) is 35.1 Å². The highest BCUT2D eigenvalue weighted by atomic mass is 19.1. The molecule has 1 aromatic carbocycles. The molecule has 1 saturated heterocycles. The second-order valence-corrected chi connectivity index (χ2v) is 6.34. The van der Waals surface area contributed by atoms with E-state index in [1.165, 1.54) is 12.1 Å². The van der Waals surface area contributed by atoms with E-state index in [0.717, 1.165) is 17.5 Å². The van der Waals surface area contributed by atoms with Crippen molar-refractivity contribution in [3.8, 4) is 0 Å². The van der Waals surface area contributed by atoms with Gasteiger partial charge in [0.25, 0.3) is 0 Å². The molecule has 0 bridgehead atoms. The fraction of sp³-hybridized carbons (Fsp3) is 0.588. The summed E-state index contributed by atoms with van der Waals surface area (Å²) >= 11 is 0. The van der Waals surface area contributed by atoms with Crippen LogP contribution in [0.25, 0.3) is 0 Å². The van der Waals surface area contributed by atoms with Crippen LogP contribution in [0.15, 0.2) is 18.2 Å². The maximum Gasteiger partial charge on any atom is 0.219 e. The predicted octanol–water partition coefficient (Wildman–Crippen LogP) is 1.97. The van der Waals surface area contributed by atoms with Crippen molar-refractivity contribution in [2.45, 2.75) is 38.6 Å². The van der Waals surface area contributed by atoms with Gasteiger partial charge in [0, 0.05) is 32.6 Å². The zero-order chi connectivity index (χ0) is 16.4. The first-order chi connectivity index (χ1) is 11.0. The fourth-order valence-electron chi connectivity index (χ4n) is 3.22. The number of halogens is 1. The smallest absolute Gasteiger partial charge is 0.219 e. The Labute approximate surface area is 135 Å². The third kappa shape index (κ3) is 3.71. The number of benzene rings is 1. The van der Waals surface area contributed by atoms with Crippen molar-refractivity contribution < 1.29 is 18.7 Å². The lowest BCUT2D eigenvalue weighted by Crippen LogP contribution is -2.40. The Morgan fingerprint density at radius 2 is 2.17 bits per heavy atom. The van der Waals surface area contributed by atoms with E-state index in [4.69, 9.17) is 9.47 Å². The number of amides is 1. The Hall–Kier alpha value is -1.50. The molecule has 2 heterocycles. The second kappa shape index (κ2) is 6.55. The molecule has 0 aromatic heterocycles. The number of carbonyl (C=O) groups excluding carboxylic acids is 1. The van der Waals surface area contributed by atoms with Gasteiger partial charge in [0.15, 0.2) is 5.79 Å². The van der Waals surface area contributed by atoms with E-state index in [9.17, 15) is 9.18 Å². The van der Waals surface area contributed by atoms with Crippen LogP contribution >= 0.6 is 0 Å². The predicted molar refractivity (Wildman–Crippen MR) is 83.2 cm³/mol. The summed E-state index contributed by atoms with van der Waals surface area (Å²) < 4.78 is 24.9. The van der Waals surface area contributed by atoms with E-state index in [1.54, 1.807) is 11.8 Å². The normalized spacial score (nSPS) is 23.4. The molecule has 2 aliphatic rings. The number of nitrogens with zero attached hydrogens (tertiary/aromatic N) is 1. The monoisotopic (exact) mass is 322 g/mol. The molecule has 0 radical (unpaired) electrons. The summed E-state index contributed by atoms with van der Waals surface area (Å²) in [4.78, 5) is 13.5. The van der Waals surface area contributed by atoms with Gasteiger partial charge in [-0.1, -0.05) is 6.07 Å². The number of carbonyl (C=O) groups is 1. The van der Waals surface area contributed by atoms with E-state index in [-0.39, 0.29) is 17.8 Å². The Kier molecular flexibility index (Phi) is 4.66. The molecule has 0 spiro atoms. The van der Waals surface area contributed by atoms with Gasteiger partial charge >= 0.3 is 0 Å². The standard InChI is InChI=1S/C17H23FN2O3/c1-12(21)20-6-5-16(19-11-17(2)22-7-8-23-17)15-4-3-14(18)9-13(15)10-20/h3-4,9,16,19H,5-8,10-11H2,1-2H3/t16-/m1/s1. The zero-order valence-electron chi connectivity index (χ0n) is 13.6. The number of fused-ring (bicyclic) bond motifs is 1. The molecule has 126 valence electrons. The van der Waals surface area contributed by atoms with Gasteiger partial charge < -0.3 is 19.7 Å². The molecular formula is C17H23FN2O3. The molecule has 1 aromatic rings. The molecule has 23 heavy (non-hydrogen) atoms. The number of hydrogen-bond donors (Lipinski definition) is 1. The first kappa shape index (κ1) is 16.4. The summed E-state index contributed by atoms with van der Waals surface area (Å²) in [7, 11) is 0. The van der Waals surface area contributed by atoms with E-state index in [0.29, 0.717) is 32.8 Å². The lowest BCUT2D eigenvalue weighted by molar-refractivity contribution is -0.139.